The van der Waals surface area contributed by atoms with Crippen molar-refractivity contribution >= 4 is 6.09 Å². The van der Waals surface area contributed by atoms with E-state index >= 15 is 0 Å². The van der Waals surface area contributed by atoms with Crippen LogP contribution < -0.4 is 0 Å². The van der Waals surface area contributed by atoms with Gasteiger partial charge in [-0.05, 0) is 78.5 Å². The highest BCUT2D eigenvalue weighted by Gasteiger charge is 2.44. The van der Waals surface area contributed by atoms with Gasteiger partial charge < -0.3 is 4.74 Å². The van der Waals surface area contributed by atoms with E-state index in [1.165, 1.54) is 4.90 Å². The minimum absolute atomic E-state index is 0.0216. The van der Waals surface area contributed by atoms with E-state index in [9.17, 15) is 31.1 Å². The number of benzene rings is 1. The highest BCUT2D eigenvalue weighted by molar-refractivity contribution is 5.71. The van der Waals surface area contributed by atoms with Crippen molar-refractivity contribution in [1.29, 1.82) is 0 Å². The summed E-state index contributed by atoms with van der Waals surface area (Å²) in [6, 6.07) is 0.548. The minimum atomic E-state index is -4.98. The summed E-state index contributed by atoms with van der Waals surface area (Å²) in [4.78, 5) is 14.2. The first kappa shape index (κ1) is 27.9. The average molecular weight is 516 g/mol. The number of hydrogen-bond donors (Lipinski definition) is 0. The second-order valence-corrected chi connectivity index (χ2v) is 10.2. The van der Waals surface area contributed by atoms with Gasteiger partial charge >= 0.3 is 18.4 Å². The number of ether oxygens (including phenoxy) is 1. The van der Waals surface area contributed by atoms with Crippen LogP contribution in [-0.4, -0.2) is 23.6 Å². The second kappa shape index (κ2) is 9.98. The van der Waals surface area contributed by atoms with Gasteiger partial charge in [-0.3, -0.25) is 4.90 Å². The van der Waals surface area contributed by atoms with E-state index in [1.54, 1.807) is 13.0 Å². The Balaban J connectivity index is 2.00. The average Bonchev–Trinajstić information content (AvgIpc) is 3.04. The molecule has 198 valence electrons. The summed E-state index contributed by atoms with van der Waals surface area (Å²) in [7, 11) is 0. The summed E-state index contributed by atoms with van der Waals surface area (Å²) in [5.41, 5.74) is -0.180. The Morgan fingerprint density at radius 2 is 1.72 bits per heavy atom. The predicted molar refractivity (Wildman–Crippen MR) is 125 cm³/mol. The van der Waals surface area contributed by atoms with Crippen LogP contribution in [0.15, 0.2) is 53.6 Å². The number of allylic oxidation sites excluding steroid dienone is 4. The molecule has 3 rings (SSSR count). The van der Waals surface area contributed by atoms with Crippen molar-refractivity contribution in [3.63, 3.8) is 0 Å². The van der Waals surface area contributed by atoms with E-state index in [2.05, 4.69) is 26.5 Å². The number of carbonyl (C=O) groups excluding carboxylic acids is 1. The molecular weight excluding hydrogens is 484 g/mol. The molecule has 1 aliphatic heterocycles. The first-order chi connectivity index (χ1) is 16.6. The molecule has 0 aromatic heterocycles. The Bertz CT molecular complexity index is 1050. The molecule has 0 unspecified atom stereocenters. The summed E-state index contributed by atoms with van der Waals surface area (Å²) < 4.78 is 85.6. The maximum Gasteiger partial charge on any atom is 0.416 e. The van der Waals surface area contributed by atoms with Crippen molar-refractivity contribution in [1.82, 2.24) is 4.90 Å². The van der Waals surface area contributed by atoms with E-state index < -0.39 is 41.7 Å². The number of alkyl halides is 6. The van der Waals surface area contributed by atoms with Crippen LogP contribution in [0.2, 0.25) is 0 Å². The van der Waals surface area contributed by atoms with Gasteiger partial charge in [0.15, 0.2) is 0 Å². The molecule has 1 aromatic carbocycles. The van der Waals surface area contributed by atoms with Gasteiger partial charge in [0.2, 0.25) is 0 Å². The highest BCUT2D eigenvalue weighted by atomic mass is 19.4. The fourth-order valence-corrected chi connectivity index (χ4v) is 4.97. The largest absolute Gasteiger partial charge is 0.439 e. The quantitative estimate of drug-likeness (QED) is 0.280. The summed E-state index contributed by atoms with van der Waals surface area (Å²) in [6.45, 7) is 11.9. The number of carbonyl (C=O) groups is 1. The molecule has 0 radical (unpaired) electrons. The molecule has 36 heavy (non-hydrogen) atoms. The molecule has 1 aliphatic carbocycles. The van der Waals surface area contributed by atoms with E-state index in [0.717, 1.165) is 36.0 Å². The molecule has 1 saturated heterocycles. The fourth-order valence-electron chi connectivity index (χ4n) is 4.97. The Hall–Kier alpha value is -2.71. The van der Waals surface area contributed by atoms with Crippen molar-refractivity contribution in [3.8, 4) is 0 Å². The summed E-state index contributed by atoms with van der Waals surface area (Å²) in [5.74, 6) is 0. The number of cyclic esters (lactones) is 1. The van der Waals surface area contributed by atoms with Gasteiger partial charge in [-0.25, -0.2) is 4.79 Å². The molecule has 1 aromatic rings. The van der Waals surface area contributed by atoms with Gasteiger partial charge in [0.25, 0.3) is 0 Å². The Morgan fingerprint density at radius 1 is 1.14 bits per heavy atom. The van der Waals surface area contributed by atoms with Gasteiger partial charge in [0, 0.05) is 6.54 Å². The number of amides is 1. The van der Waals surface area contributed by atoms with Crippen molar-refractivity contribution in [3.05, 3.63) is 70.3 Å². The topological polar surface area (TPSA) is 29.5 Å². The van der Waals surface area contributed by atoms with Crippen LogP contribution in [0, 0.1) is 5.41 Å². The van der Waals surface area contributed by atoms with Crippen LogP contribution in [0.3, 0.4) is 0 Å². The highest BCUT2D eigenvalue weighted by Crippen LogP contribution is 2.44. The third-order valence-corrected chi connectivity index (χ3v) is 6.85. The summed E-state index contributed by atoms with van der Waals surface area (Å²) in [5, 5.41) is 0. The van der Waals surface area contributed by atoms with E-state index in [0.29, 0.717) is 18.6 Å². The van der Waals surface area contributed by atoms with Crippen LogP contribution in [0.25, 0.3) is 0 Å². The van der Waals surface area contributed by atoms with Crippen LogP contribution in [0.1, 0.15) is 76.2 Å². The molecule has 1 amide bonds. The lowest BCUT2D eigenvalue weighted by Gasteiger charge is -2.35. The Morgan fingerprint density at radius 3 is 2.22 bits per heavy atom. The molecular formula is C27H31F6NO2. The van der Waals surface area contributed by atoms with Crippen molar-refractivity contribution in [2.45, 2.75) is 77.9 Å². The maximum atomic E-state index is 13.4. The van der Waals surface area contributed by atoms with Crippen molar-refractivity contribution in [2.75, 3.05) is 6.54 Å². The molecule has 2 aliphatic rings. The lowest BCUT2D eigenvalue weighted by Crippen LogP contribution is -2.36. The van der Waals surface area contributed by atoms with Crippen molar-refractivity contribution in [2.24, 2.45) is 5.41 Å². The van der Waals surface area contributed by atoms with Crippen LogP contribution >= 0.6 is 0 Å². The fraction of sp³-hybridized carbons (Fsp3) is 0.519. The monoisotopic (exact) mass is 515 g/mol. The molecule has 1 fully saturated rings. The van der Waals surface area contributed by atoms with Gasteiger partial charge in [-0.2, -0.15) is 26.3 Å². The van der Waals surface area contributed by atoms with E-state index in [-0.39, 0.29) is 23.6 Å². The van der Waals surface area contributed by atoms with Gasteiger partial charge in [-0.15, -0.1) is 0 Å². The molecule has 1 heterocycles. The number of rotatable bonds is 6. The molecule has 3 nitrogen and oxygen atoms in total. The molecule has 9 heteroatoms. The third kappa shape index (κ3) is 5.98. The Kier molecular flexibility index (Phi) is 7.72. The zero-order valence-corrected chi connectivity index (χ0v) is 20.8. The maximum absolute atomic E-state index is 13.4. The lowest BCUT2D eigenvalue weighted by atomic mass is 9.72. The number of halogens is 6. The number of nitrogens with zero attached hydrogens (tertiary/aromatic N) is 1. The predicted octanol–water partition coefficient (Wildman–Crippen LogP) is 8.64. The zero-order chi connectivity index (χ0) is 27.1. The van der Waals surface area contributed by atoms with Gasteiger partial charge in [-0.1, -0.05) is 39.5 Å². The van der Waals surface area contributed by atoms with Gasteiger partial charge in [0.05, 0.1) is 17.2 Å². The second-order valence-electron chi connectivity index (χ2n) is 10.2. The van der Waals surface area contributed by atoms with Gasteiger partial charge in [0.1, 0.15) is 6.10 Å². The number of hydrogen-bond acceptors (Lipinski definition) is 2. The molecule has 0 spiro atoms. The van der Waals surface area contributed by atoms with Crippen LogP contribution in [0.4, 0.5) is 31.1 Å². The molecule has 0 N–H and O–H groups in total. The first-order valence-corrected chi connectivity index (χ1v) is 11.9. The zero-order valence-electron chi connectivity index (χ0n) is 20.8. The SMILES string of the molecule is C=C/C(=C\CC)C1=C(CN2C(=O)O[C@H](c3cc(C(F)(F)F)cc(C(F)(F)F)c3)[C@@H]2C)CC(C)(C)CC1. The van der Waals surface area contributed by atoms with Crippen LogP contribution in [-0.2, 0) is 17.1 Å². The molecule has 0 saturated carbocycles. The normalized spacial score (nSPS) is 23.2. The molecule has 2 atom stereocenters. The lowest BCUT2D eigenvalue weighted by molar-refractivity contribution is -0.143. The smallest absolute Gasteiger partial charge is 0.416 e. The summed E-state index contributed by atoms with van der Waals surface area (Å²) in [6.07, 6.45) is -4.98. The van der Waals surface area contributed by atoms with Crippen molar-refractivity contribution < 1.29 is 35.9 Å². The summed E-state index contributed by atoms with van der Waals surface area (Å²) >= 11 is 0. The minimum Gasteiger partial charge on any atom is -0.439 e. The van der Waals surface area contributed by atoms with E-state index in [4.69, 9.17) is 4.74 Å². The Labute approximate surface area is 207 Å². The van der Waals surface area contributed by atoms with E-state index in [1.807, 2.05) is 6.92 Å². The standard InChI is InChI=1S/C27H31F6NO2/c1-6-8-17(7-2)22-9-10-25(4,5)14-19(22)15-34-16(3)23(36-24(34)35)18-11-20(26(28,29)30)13-21(12-18)27(31,32)33/h7-8,11-13,16,23H,2,6,9-10,14-15H2,1,3-5H3/b17-8+/t16-,23-/m0/s1. The first-order valence-electron chi connectivity index (χ1n) is 11.9. The third-order valence-electron chi connectivity index (χ3n) is 6.85. The van der Waals surface area contributed by atoms with Crippen LogP contribution in [0.5, 0.6) is 0 Å². The molecule has 0 bridgehead atoms.